The minimum atomic E-state index is 0.872. The molecule has 2 aliphatic rings. The first-order chi connectivity index (χ1) is 6.36. The van der Waals surface area contributed by atoms with E-state index in [4.69, 9.17) is 0 Å². The van der Waals surface area contributed by atoms with Crippen molar-refractivity contribution in [2.75, 3.05) is 20.1 Å². The lowest BCUT2D eigenvalue weighted by atomic mass is 10.2. The van der Waals surface area contributed by atoms with Gasteiger partial charge in [-0.05, 0) is 32.7 Å². The van der Waals surface area contributed by atoms with Gasteiger partial charge < -0.3 is 10.2 Å². The van der Waals surface area contributed by atoms with Crippen LogP contribution in [0.15, 0.2) is 0 Å². The first-order valence-corrected chi connectivity index (χ1v) is 5.80. The smallest absolute Gasteiger partial charge is 0.0107 e. The molecular weight excluding hydrogens is 160 g/mol. The molecule has 13 heavy (non-hydrogen) atoms. The summed E-state index contributed by atoms with van der Waals surface area (Å²) in [6.45, 7) is 2.43. The molecule has 2 saturated carbocycles. The average molecular weight is 182 g/mol. The van der Waals surface area contributed by atoms with Crippen LogP contribution in [0.25, 0.3) is 0 Å². The van der Waals surface area contributed by atoms with E-state index in [1.165, 1.54) is 51.6 Å². The molecule has 0 heterocycles. The number of nitrogens with one attached hydrogen (secondary N) is 1. The van der Waals surface area contributed by atoms with Crippen LogP contribution in [0.2, 0.25) is 0 Å². The fraction of sp³-hybridized carbons (Fsp3) is 1.00. The zero-order valence-electron chi connectivity index (χ0n) is 8.76. The topological polar surface area (TPSA) is 15.3 Å². The van der Waals surface area contributed by atoms with E-state index in [2.05, 4.69) is 17.3 Å². The highest BCUT2D eigenvalue weighted by Gasteiger charge is 2.22. The highest BCUT2D eigenvalue weighted by Crippen LogP contribution is 2.22. The van der Waals surface area contributed by atoms with Crippen molar-refractivity contribution in [1.82, 2.24) is 10.2 Å². The Kier molecular flexibility index (Phi) is 3.23. The predicted molar refractivity (Wildman–Crippen MR) is 55.9 cm³/mol. The normalized spacial score (nSPS) is 24.5. The third kappa shape index (κ3) is 2.96. The molecule has 1 N–H and O–H groups in total. The van der Waals surface area contributed by atoms with Crippen LogP contribution in [0.5, 0.6) is 0 Å². The van der Waals surface area contributed by atoms with E-state index in [0.29, 0.717) is 0 Å². The Morgan fingerprint density at radius 2 is 1.85 bits per heavy atom. The summed E-state index contributed by atoms with van der Waals surface area (Å²) >= 11 is 0. The summed E-state index contributed by atoms with van der Waals surface area (Å²) in [5, 5.41) is 3.57. The van der Waals surface area contributed by atoms with Crippen molar-refractivity contribution in [3.63, 3.8) is 0 Å². The lowest BCUT2D eigenvalue weighted by Crippen LogP contribution is -2.36. The van der Waals surface area contributed by atoms with Crippen LogP contribution in [0.4, 0.5) is 0 Å². The third-order valence-corrected chi connectivity index (χ3v) is 3.42. The van der Waals surface area contributed by atoms with Gasteiger partial charge in [0.2, 0.25) is 0 Å². The highest BCUT2D eigenvalue weighted by atomic mass is 15.1. The van der Waals surface area contributed by atoms with Gasteiger partial charge >= 0.3 is 0 Å². The molecule has 0 radical (unpaired) electrons. The molecule has 2 rings (SSSR count). The van der Waals surface area contributed by atoms with Gasteiger partial charge in [0.1, 0.15) is 0 Å². The Balaban J connectivity index is 1.56. The number of hydrogen-bond acceptors (Lipinski definition) is 2. The molecule has 0 bridgehead atoms. The van der Waals surface area contributed by atoms with Gasteiger partial charge in [0.25, 0.3) is 0 Å². The van der Waals surface area contributed by atoms with Gasteiger partial charge in [-0.2, -0.15) is 0 Å². The number of likely N-dealkylation sites (N-methyl/N-ethyl adjacent to an activating group) is 1. The molecule has 0 saturated heterocycles. The SMILES string of the molecule is CN(CCNC1CC1)C1CCCC1. The van der Waals surface area contributed by atoms with Crippen molar-refractivity contribution in [2.24, 2.45) is 0 Å². The first kappa shape index (κ1) is 9.47. The molecule has 0 spiro atoms. The van der Waals surface area contributed by atoms with Gasteiger partial charge in [-0.15, -0.1) is 0 Å². The van der Waals surface area contributed by atoms with E-state index in [-0.39, 0.29) is 0 Å². The Labute approximate surface area is 81.7 Å². The van der Waals surface area contributed by atoms with Gasteiger partial charge in [0.15, 0.2) is 0 Å². The Bertz CT molecular complexity index is 148. The van der Waals surface area contributed by atoms with E-state index in [1.807, 2.05) is 0 Å². The second-order valence-corrected chi connectivity index (χ2v) is 4.65. The molecular formula is C11H22N2. The van der Waals surface area contributed by atoms with E-state index >= 15 is 0 Å². The van der Waals surface area contributed by atoms with Crippen molar-refractivity contribution >= 4 is 0 Å². The van der Waals surface area contributed by atoms with Gasteiger partial charge in [0.05, 0.1) is 0 Å². The molecule has 76 valence electrons. The average Bonchev–Trinajstić information content (AvgIpc) is 2.80. The van der Waals surface area contributed by atoms with E-state index in [9.17, 15) is 0 Å². The Morgan fingerprint density at radius 1 is 1.15 bits per heavy atom. The molecule has 2 nitrogen and oxygen atoms in total. The summed E-state index contributed by atoms with van der Waals surface area (Å²) in [4.78, 5) is 2.54. The third-order valence-electron chi connectivity index (χ3n) is 3.42. The predicted octanol–water partition coefficient (Wildman–Crippen LogP) is 1.61. The van der Waals surface area contributed by atoms with Gasteiger partial charge in [-0.1, -0.05) is 12.8 Å². The summed E-state index contributed by atoms with van der Waals surface area (Å²) in [7, 11) is 2.28. The molecule has 0 unspecified atom stereocenters. The second-order valence-electron chi connectivity index (χ2n) is 4.65. The zero-order chi connectivity index (χ0) is 9.10. The molecule has 0 aromatic rings. The Hall–Kier alpha value is -0.0800. The molecule has 0 amide bonds. The first-order valence-electron chi connectivity index (χ1n) is 5.80. The van der Waals surface area contributed by atoms with E-state index in [0.717, 1.165) is 12.1 Å². The van der Waals surface area contributed by atoms with Crippen LogP contribution in [0, 0.1) is 0 Å². The number of hydrogen-bond donors (Lipinski definition) is 1. The molecule has 2 heteroatoms. The molecule has 0 aromatic heterocycles. The fourth-order valence-corrected chi connectivity index (χ4v) is 2.26. The maximum atomic E-state index is 3.57. The van der Waals surface area contributed by atoms with Crippen molar-refractivity contribution in [3.05, 3.63) is 0 Å². The summed E-state index contributed by atoms with van der Waals surface area (Å²) < 4.78 is 0. The maximum absolute atomic E-state index is 3.57. The van der Waals surface area contributed by atoms with Crippen molar-refractivity contribution in [3.8, 4) is 0 Å². The van der Waals surface area contributed by atoms with Crippen LogP contribution < -0.4 is 5.32 Å². The molecule has 2 aliphatic carbocycles. The van der Waals surface area contributed by atoms with Crippen LogP contribution in [-0.2, 0) is 0 Å². The summed E-state index contributed by atoms with van der Waals surface area (Å²) in [6.07, 6.45) is 8.58. The van der Waals surface area contributed by atoms with Crippen LogP contribution in [0.1, 0.15) is 38.5 Å². The van der Waals surface area contributed by atoms with E-state index < -0.39 is 0 Å². The highest BCUT2D eigenvalue weighted by molar-refractivity contribution is 4.82. The van der Waals surface area contributed by atoms with Gasteiger partial charge in [-0.25, -0.2) is 0 Å². The quantitative estimate of drug-likeness (QED) is 0.695. The Morgan fingerprint density at radius 3 is 2.46 bits per heavy atom. The largest absolute Gasteiger partial charge is 0.313 e. The minimum Gasteiger partial charge on any atom is -0.313 e. The van der Waals surface area contributed by atoms with Gasteiger partial charge in [0, 0.05) is 25.2 Å². The van der Waals surface area contributed by atoms with Crippen molar-refractivity contribution < 1.29 is 0 Å². The molecule has 0 aliphatic heterocycles. The molecule has 0 atom stereocenters. The lowest BCUT2D eigenvalue weighted by molar-refractivity contribution is 0.245. The minimum absolute atomic E-state index is 0.872. The maximum Gasteiger partial charge on any atom is 0.0107 e. The molecule has 0 aromatic carbocycles. The summed E-state index contributed by atoms with van der Waals surface area (Å²) in [5.74, 6) is 0. The number of nitrogens with zero attached hydrogens (tertiary/aromatic N) is 1. The number of rotatable bonds is 5. The van der Waals surface area contributed by atoms with Crippen molar-refractivity contribution in [1.29, 1.82) is 0 Å². The van der Waals surface area contributed by atoms with Crippen LogP contribution in [-0.4, -0.2) is 37.1 Å². The van der Waals surface area contributed by atoms with Crippen LogP contribution >= 0.6 is 0 Å². The van der Waals surface area contributed by atoms with Gasteiger partial charge in [-0.3, -0.25) is 0 Å². The summed E-state index contributed by atoms with van der Waals surface area (Å²) in [6, 6.07) is 1.76. The second kappa shape index (κ2) is 4.43. The monoisotopic (exact) mass is 182 g/mol. The van der Waals surface area contributed by atoms with E-state index in [1.54, 1.807) is 0 Å². The lowest BCUT2D eigenvalue weighted by Gasteiger charge is -2.23. The van der Waals surface area contributed by atoms with Crippen LogP contribution in [0.3, 0.4) is 0 Å². The van der Waals surface area contributed by atoms with Crippen molar-refractivity contribution in [2.45, 2.75) is 50.6 Å². The summed E-state index contributed by atoms with van der Waals surface area (Å²) in [5.41, 5.74) is 0. The molecule has 2 fully saturated rings. The fourth-order valence-electron chi connectivity index (χ4n) is 2.26. The standard InChI is InChI=1S/C11H22N2/c1-13(11-4-2-3-5-11)9-8-12-10-6-7-10/h10-12H,2-9H2,1H3. The zero-order valence-corrected chi connectivity index (χ0v) is 8.76.